The van der Waals surface area contributed by atoms with Crippen molar-refractivity contribution in [3.8, 4) is 5.75 Å². The molecule has 1 aromatic carbocycles. The normalized spacial score (nSPS) is 10.4. The van der Waals surface area contributed by atoms with E-state index in [2.05, 4.69) is 5.32 Å². The molecule has 0 saturated heterocycles. The van der Waals surface area contributed by atoms with Gasteiger partial charge >= 0.3 is 6.09 Å². The first-order valence-corrected chi connectivity index (χ1v) is 7.78. The minimum absolute atomic E-state index is 0.125. The first-order chi connectivity index (χ1) is 10.8. The van der Waals surface area contributed by atoms with E-state index in [4.69, 9.17) is 19.7 Å². The smallest absolute Gasteiger partial charge is 0.407 e. The molecule has 0 radical (unpaired) electrons. The Morgan fingerprint density at radius 3 is 2.04 bits per heavy atom. The van der Waals surface area contributed by atoms with Crippen LogP contribution in [-0.4, -0.2) is 35.1 Å². The lowest BCUT2D eigenvalue weighted by molar-refractivity contribution is 0.0520. The Kier molecular flexibility index (Phi) is 10.0. The van der Waals surface area contributed by atoms with E-state index in [1.165, 1.54) is 0 Å². The van der Waals surface area contributed by atoms with Crippen molar-refractivity contribution >= 4 is 6.09 Å². The molecule has 1 amide bonds. The van der Waals surface area contributed by atoms with Gasteiger partial charge in [-0.3, -0.25) is 0 Å². The van der Waals surface area contributed by atoms with Gasteiger partial charge in [-0.2, -0.15) is 0 Å². The van der Waals surface area contributed by atoms with Gasteiger partial charge in [0.1, 0.15) is 18.0 Å². The Morgan fingerprint density at radius 2 is 1.61 bits per heavy atom. The SMILES string of the molecule is CC.CC(C)(C)OC(=O)NCCOc1cc(CO)cc(CO)c1. The first-order valence-electron chi connectivity index (χ1n) is 7.78. The fourth-order valence-electron chi connectivity index (χ4n) is 1.63. The second kappa shape index (κ2) is 10.9. The molecule has 0 heterocycles. The van der Waals surface area contributed by atoms with E-state index in [0.29, 0.717) is 23.4 Å². The number of alkyl carbamates (subject to hydrolysis) is 1. The quantitative estimate of drug-likeness (QED) is 0.699. The average Bonchev–Trinajstić information content (AvgIpc) is 2.51. The molecule has 132 valence electrons. The molecule has 1 aromatic rings. The van der Waals surface area contributed by atoms with E-state index in [9.17, 15) is 4.79 Å². The van der Waals surface area contributed by atoms with Crippen LogP contribution < -0.4 is 10.1 Å². The Bertz CT molecular complexity index is 446. The summed E-state index contributed by atoms with van der Waals surface area (Å²) in [6.45, 7) is 9.69. The molecule has 6 nitrogen and oxygen atoms in total. The van der Waals surface area contributed by atoms with Crippen LogP contribution in [-0.2, 0) is 18.0 Å². The average molecular weight is 327 g/mol. The van der Waals surface area contributed by atoms with Crippen molar-refractivity contribution in [3.63, 3.8) is 0 Å². The zero-order valence-electron chi connectivity index (χ0n) is 14.7. The topological polar surface area (TPSA) is 88.0 Å². The van der Waals surface area contributed by atoms with Crippen molar-refractivity contribution in [2.24, 2.45) is 0 Å². The zero-order valence-corrected chi connectivity index (χ0v) is 14.7. The largest absolute Gasteiger partial charge is 0.492 e. The van der Waals surface area contributed by atoms with Crippen LogP contribution in [0, 0.1) is 0 Å². The van der Waals surface area contributed by atoms with Crippen LogP contribution in [0.3, 0.4) is 0 Å². The highest BCUT2D eigenvalue weighted by Crippen LogP contribution is 2.17. The maximum absolute atomic E-state index is 11.4. The van der Waals surface area contributed by atoms with Gasteiger partial charge < -0.3 is 25.0 Å². The van der Waals surface area contributed by atoms with Crippen LogP contribution in [0.5, 0.6) is 5.75 Å². The van der Waals surface area contributed by atoms with Crippen molar-refractivity contribution in [1.82, 2.24) is 5.32 Å². The van der Waals surface area contributed by atoms with Crippen molar-refractivity contribution < 1.29 is 24.5 Å². The standard InChI is InChI=1S/C15H23NO5.C2H6/c1-15(2,3)21-14(19)16-4-5-20-13-7-11(9-17)6-12(8-13)10-18;1-2/h6-8,17-18H,4-5,9-10H2,1-3H3,(H,16,19);1-2H3. The van der Waals surface area contributed by atoms with E-state index in [1.807, 2.05) is 13.8 Å². The van der Waals surface area contributed by atoms with Gasteiger partial charge in [-0.05, 0) is 44.0 Å². The molecular weight excluding hydrogens is 298 g/mol. The van der Waals surface area contributed by atoms with Gasteiger partial charge in [-0.25, -0.2) is 4.79 Å². The number of carbonyl (C=O) groups excluding carboxylic acids is 1. The fraction of sp³-hybridized carbons (Fsp3) is 0.588. The predicted molar refractivity (Wildman–Crippen MR) is 89.4 cm³/mol. The summed E-state index contributed by atoms with van der Waals surface area (Å²) in [5, 5.41) is 20.8. The zero-order chi connectivity index (χ0) is 17.9. The fourth-order valence-corrected chi connectivity index (χ4v) is 1.63. The number of carbonyl (C=O) groups is 1. The molecule has 0 spiro atoms. The molecule has 23 heavy (non-hydrogen) atoms. The van der Waals surface area contributed by atoms with Crippen molar-refractivity contribution in [2.75, 3.05) is 13.2 Å². The predicted octanol–water partition coefficient (Wildman–Crippen LogP) is 2.60. The Balaban J connectivity index is 0.00000232. The molecule has 0 fully saturated rings. The summed E-state index contributed by atoms with van der Waals surface area (Å²) in [6.07, 6.45) is -0.494. The first kappa shape index (κ1) is 21.2. The monoisotopic (exact) mass is 327 g/mol. The highest BCUT2D eigenvalue weighted by molar-refractivity contribution is 5.67. The number of aliphatic hydroxyl groups is 2. The number of hydrogen-bond donors (Lipinski definition) is 3. The van der Waals surface area contributed by atoms with Gasteiger partial charge in [0.2, 0.25) is 0 Å². The van der Waals surface area contributed by atoms with Crippen LogP contribution in [0.1, 0.15) is 45.7 Å². The number of benzene rings is 1. The Labute approximate surface area is 138 Å². The summed E-state index contributed by atoms with van der Waals surface area (Å²) in [5.41, 5.74) is 0.796. The van der Waals surface area contributed by atoms with E-state index >= 15 is 0 Å². The summed E-state index contributed by atoms with van der Waals surface area (Å²) < 4.78 is 10.6. The van der Waals surface area contributed by atoms with Gasteiger partial charge in [0, 0.05) is 0 Å². The van der Waals surface area contributed by atoms with Crippen LogP contribution in [0.25, 0.3) is 0 Å². The molecule has 3 N–H and O–H groups in total. The van der Waals surface area contributed by atoms with Crippen molar-refractivity contribution in [3.05, 3.63) is 29.3 Å². The minimum Gasteiger partial charge on any atom is -0.492 e. The maximum Gasteiger partial charge on any atom is 0.407 e. The third kappa shape index (κ3) is 9.76. The molecule has 0 bridgehead atoms. The molecule has 0 aliphatic rings. The summed E-state index contributed by atoms with van der Waals surface area (Å²) in [5.74, 6) is 0.539. The highest BCUT2D eigenvalue weighted by Gasteiger charge is 2.15. The van der Waals surface area contributed by atoms with E-state index in [1.54, 1.807) is 39.0 Å². The van der Waals surface area contributed by atoms with Gasteiger partial charge in [-0.1, -0.05) is 19.9 Å². The molecule has 0 saturated carbocycles. The third-order valence-corrected chi connectivity index (χ3v) is 2.43. The van der Waals surface area contributed by atoms with Crippen molar-refractivity contribution in [1.29, 1.82) is 0 Å². The highest BCUT2D eigenvalue weighted by atomic mass is 16.6. The molecule has 0 aliphatic heterocycles. The maximum atomic E-state index is 11.4. The van der Waals surface area contributed by atoms with Gasteiger partial charge in [0.05, 0.1) is 19.8 Å². The molecule has 0 aliphatic carbocycles. The molecule has 6 heteroatoms. The molecule has 1 rings (SSSR count). The second-order valence-corrected chi connectivity index (χ2v) is 5.58. The van der Waals surface area contributed by atoms with Gasteiger partial charge in [0.25, 0.3) is 0 Å². The molecule has 0 unspecified atom stereocenters. The third-order valence-electron chi connectivity index (χ3n) is 2.43. The summed E-state index contributed by atoms with van der Waals surface area (Å²) >= 11 is 0. The van der Waals surface area contributed by atoms with Gasteiger partial charge in [-0.15, -0.1) is 0 Å². The molecular formula is C17H29NO5. The van der Waals surface area contributed by atoms with E-state index in [-0.39, 0.29) is 19.8 Å². The number of amides is 1. The minimum atomic E-state index is -0.531. The van der Waals surface area contributed by atoms with E-state index < -0.39 is 11.7 Å². The Morgan fingerprint density at radius 1 is 1.09 bits per heavy atom. The van der Waals surface area contributed by atoms with Gasteiger partial charge in [0.15, 0.2) is 0 Å². The lowest BCUT2D eigenvalue weighted by atomic mass is 10.1. The van der Waals surface area contributed by atoms with Crippen LogP contribution in [0.4, 0.5) is 4.79 Å². The van der Waals surface area contributed by atoms with Crippen LogP contribution in [0.2, 0.25) is 0 Å². The number of aliphatic hydroxyl groups excluding tert-OH is 2. The Hall–Kier alpha value is -1.79. The van der Waals surface area contributed by atoms with Crippen molar-refractivity contribution in [2.45, 2.75) is 53.4 Å². The van der Waals surface area contributed by atoms with Crippen LogP contribution in [0.15, 0.2) is 18.2 Å². The lowest BCUT2D eigenvalue weighted by Gasteiger charge is -2.19. The lowest BCUT2D eigenvalue weighted by Crippen LogP contribution is -2.34. The number of rotatable bonds is 6. The molecule has 0 atom stereocenters. The number of nitrogens with one attached hydrogen (secondary N) is 1. The number of hydrogen-bond acceptors (Lipinski definition) is 5. The van der Waals surface area contributed by atoms with E-state index in [0.717, 1.165) is 0 Å². The summed E-state index contributed by atoms with van der Waals surface area (Å²) in [6, 6.07) is 5.07. The summed E-state index contributed by atoms with van der Waals surface area (Å²) in [7, 11) is 0. The molecule has 0 aromatic heterocycles. The van der Waals surface area contributed by atoms with Crippen LogP contribution >= 0.6 is 0 Å². The second-order valence-electron chi connectivity index (χ2n) is 5.58. The number of ether oxygens (including phenoxy) is 2. The summed E-state index contributed by atoms with van der Waals surface area (Å²) in [4.78, 5) is 11.4.